The van der Waals surface area contributed by atoms with E-state index in [4.69, 9.17) is 42.1 Å². The Balaban J connectivity index is 2.13. The maximum absolute atomic E-state index is 11.8. The van der Waals surface area contributed by atoms with E-state index in [9.17, 15) is 19.6 Å². The molecule has 0 unspecified atom stereocenters. The molecule has 0 aromatic carbocycles. The lowest BCUT2D eigenvalue weighted by molar-refractivity contribution is -0.166. The fraction of sp³-hybridized carbons (Fsp3) is 0.444. The zero-order valence-electron chi connectivity index (χ0n) is 16.5. The molecule has 0 aliphatic carbocycles. The van der Waals surface area contributed by atoms with Gasteiger partial charge in [-0.1, -0.05) is 11.6 Å². The highest BCUT2D eigenvalue weighted by atomic mass is 35.5. The van der Waals surface area contributed by atoms with Gasteiger partial charge >= 0.3 is 17.9 Å². The summed E-state index contributed by atoms with van der Waals surface area (Å²) in [4.78, 5) is 42.7. The largest absolute Gasteiger partial charge is 0.463 e. The Morgan fingerprint density at radius 1 is 1.13 bits per heavy atom. The predicted molar refractivity (Wildman–Crippen MR) is 104 cm³/mol. The van der Waals surface area contributed by atoms with E-state index < -0.39 is 42.4 Å². The Bertz CT molecular complexity index is 1100. The lowest BCUT2D eigenvalue weighted by atomic mass is 10.1. The molecular formula is C18H16Cl2N4O7. The van der Waals surface area contributed by atoms with Crippen molar-refractivity contribution in [2.45, 2.75) is 45.3 Å². The first kappa shape index (κ1) is 22.7. The molecule has 11 nitrogen and oxygen atoms in total. The summed E-state index contributed by atoms with van der Waals surface area (Å²) in [7, 11) is 0. The standard InChI is InChI=1S/C18H16Cl2N4O7/c1-7(25)28-6-11-13(29-8(2)26)14(30-9(3)27)17(31-11)24-5-10(4-21)12-15(19)22-18(20)23-16(12)24/h5,11,13-14,17H,6H2,1-3H3/t11-,13-,14-,17+/m0/s1. The molecule has 2 aromatic heterocycles. The van der Waals surface area contributed by atoms with Crippen molar-refractivity contribution in [3.8, 4) is 6.07 Å². The summed E-state index contributed by atoms with van der Waals surface area (Å²) in [6.07, 6.45) is -2.97. The van der Waals surface area contributed by atoms with Gasteiger partial charge < -0.3 is 23.5 Å². The lowest BCUT2D eigenvalue weighted by Gasteiger charge is -2.24. The smallest absolute Gasteiger partial charge is 0.303 e. The minimum atomic E-state index is -1.16. The van der Waals surface area contributed by atoms with Crippen molar-refractivity contribution >= 4 is 52.1 Å². The van der Waals surface area contributed by atoms with E-state index in [2.05, 4.69) is 9.97 Å². The van der Waals surface area contributed by atoms with Crippen LogP contribution in [0.4, 0.5) is 0 Å². The molecule has 1 aliphatic heterocycles. The second kappa shape index (κ2) is 9.05. The first-order chi connectivity index (χ1) is 14.6. The molecule has 3 heterocycles. The molecular weight excluding hydrogens is 455 g/mol. The molecule has 2 aromatic rings. The Labute approximate surface area is 185 Å². The van der Waals surface area contributed by atoms with Crippen LogP contribution in [-0.4, -0.2) is 57.4 Å². The fourth-order valence-electron chi connectivity index (χ4n) is 3.28. The van der Waals surface area contributed by atoms with Crippen LogP contribution >= 0.6 is 23.2 Å². The predicted octanol–water partition coefficient (Wildman–Crippen LogP) is 1.93. The van der Waals surface area contributed by atoms with E-state index in [-0.39, 0.29) is 33.6 Å². The van der Waals surface area contributed by atoms with Crippen molar-refractivity contribution < 1.29 is 33.3 Å². The third kappa shape index (κ3) is 4.71. The summed E-state index contributed by atoms with van der Waals surface area (Å²) in [5.41, 5.74) is 0.257. The minimum Gasteiger partial charge on any atom is -0.463 e. The number of hydrogen-bond acceptors (Lipinski definition) is 10. The summed E-state index contributed by atoms with van der Waals surface area (Å²) >= 11 is 12.1. The SMILES string of the molecule is CC(=O)OC[C@@H]1O[C@@H](n2cc(C#N)c3c(Cl)nc(Cl)nc32)[C@@H](OC(C)=O)[C@H]1OC(C)=O. The Hall–Kier alpha value is -2.94. The number of rotatable bonds is 5. The first-order valence-electron chi connectivity index (χ1n) is 8.89. The summed E-state index contributed by atoms with van der Waals surface area (Å²) in [5.74, 6) is -1.92. The molecule has 0 saturated carbocycles. The van der Waals surface area contributed by atoms with Gasteiger partial charge in [-0.3, -0.25) is 14.4 Å². The van der Waals surface area contributed by atoms with E-state index in [1.165, 1.54) is 31.5 Å². The first-order valence-corrected chi connectivity index (χ1v) is 9.65. The molecule has 31 heavy (non-hydrogen) atoms. The third-order valence-corrected chi connectivity index (χ3v) is 4.78. The van der Waals surface area contributed by atoms with Gasteiger partial charge in [-0.05, 0) is 11.6 Å². The van der Waals surface area contributed by atoms with Crippen molar-refractivity contribution in [3.05, 3.63) is 22.2 Å². The van der Waals surface area contributed by atoms with Crippen molar-refractivity contribution in [3.63, 3.8) is 0 Å². The molecule has 0 amide bonds. The van der Waals surface area contributed by atoms with E-state index in [1.54, 1.807) is 0 Å². The fourth-order valence-corrected chi connectivity index (χ4v) is 3.75. The number of nitriles is 1. The number of carbonyl (C=O) groups excluding carboxylic acids is 3. The highest BCUT2D eigenvalue weighted by Crippen LogP contribution is 2.38. The van der Waals surface area contributed by atoms with E-state index in [0.29, 0.717) is 0 Å². The number of nitrogens with zero attached hydrogens (tertiary/aromatic N) is 4. The van der Waals surface area contributed by atoms with Crippen LogP contribution in [0, 0.1) is 11.3 Å². The lowest BCUT2D eigenvalue weighted by Crippen LogP contribution is -2.40. The molecule has 1 fully saturated rings. The Kier molecular flexibility index (Phi) is 6.64. The quantitative estimate of drug-likeness (QED) is 0.275. The van der Waals surface area contributed by atoms with Gasteiger partial charge in [0.15, 0.2) is 18.4 Å². The van der Waals surface area contributed by atoms with Crippen molar-refractivity contribution in [1.82, 2.24) is 14.5 Å². The van der Waals surface area contributed by atoms with Gasteiger partial charge in [0.05, 0.1) is 10.9 Å². The van der Waals surface area contributed by atoms with Gasteiger partial charge in [-0.15, -0.1) is 0 Å². The summed E-state index contributed by atoms with van der Waals surface area (Å²) in [5, 5.41) is 9.48. The molecule has 3 rings (SSSR count). The highest BCUT2D eigenvalue weighted by molar-refractivity contribution is 6.36. The molecule has 0 radical (unpaired) electrons. The highest BCUT2D eigenvalue weighted by Gasteiger charge is 2.51. The maximum Gasteiger partial charge on any atom is 0.303 e. The monoisotopic (exact) mass is 470 g/mol. The summed E-state index contributed by atoms with van der Waals surface area (Å²) < 4.78 is 23.0. The van der Waals surface area contributed by atoms with Gasteiger partial charge in [0, 0.05) is 27.0 Å². The van der Waals surface area contributed by atoms with Crippen molar-refractivity contribution in [1.29, 1.82) is 5.26 Å². The van der Waals surface area contributed by atoms with Gasteiger partial charge in [-0.2, -0.15) is 10.2 Å². The van der Waals surface area contributed by atoms with Gasteiger partial charge in [0.1, 0.15) is 29.6 Å². The van der Waals surface area contributed by atoms with Crippen LogP contribution in [0.3, 0.4) is 0 Å². The number of esters is 3. The molecule has 0 bridgehead atoms. The average molecular weight is 471 g/mol. The molecule has 1 aliphatic rings. The second-order valence-corrected chi connectivity index (χ2v) is 7.26. The molecule has 13 heteroatoms. The molecule has 4 atom stereocenters. The second-order valence-electron chi connectivity index (χ2n) is 6.56. The number of hydrogen-bond donors (Lipinski definition) is 0. The number of carbonyl (C=O) groups is 3. The topological polar surface area (TPSA) is 143 Å². The molecule has 1 saturated heterocycles. The molecule has 0 N–H and O–H groups in total. The van der Waals surface area contributed by atoms with E-state index >= 15 is 0 Å². The van der Waals surface area contributed by atoms with Gasteiger partial charge in [-0.25, -0.2) is 4.98 Å². The van der Waals surface area contributed by atoms with Crippen LogP contribution in [0.5, 0.6) is 0 Å². The average Bonchev–Trinajstić information content (AvgIpc) is 3.18. The number of ether oxygens (including phenoxy) is 4. The number of halogens is 2. The molecule has 164 valence electrons. The van der Waals surface area contributed by atoms with E-state index in [0.717, 1.165) is 0 Å². The van der Waals surface area contributed by atoms with Crippen LogP contribution < -0.4 is 0 Å². The van der Waals surface area contributed by atoms with Crippen molar-refractivity contribution in [2.24, 2.45) is 0 Å². The Morgan fingerprint density at radius 3 is 2.35 bits per heavy atom. The van der Waals surface area contributed by atoms with Crippen LogP contribution in [-0.2, 0) is 33.3 Å². The van der Waals surface area contributed by atoms with E-state index in [1.807, 2.05) is 6.07 Å². The van der Waals surface area contributed by atoms with Crippen molar-refractivity contribution in [2.75, 3.05) is 6.61 Å². The summed E-state index contributed by atoms with van der Waals surface area (Å²) in [6.45, 7) is 3.27. The van der Waals surface area contributed by atoms with Crippen LogP contribution in [0.15, 0.2) is 6.20 Å². The summed E-state index contributed by atoms with van der Waals surface area (Å²) in [6, 6.07) is 1.98. The maximum atomic E-state index is 11.8. The number of aromatic nitrogens is 3. The van der Waals surface area contributed by atoms with Crippen LogP contribution in [0.2, 0.25) is 10.4 Å². The van der Waals surface area contributed by atoms with Crippen LogP contribution in [0.25, 0.3) is 11.0 Å². The van der Waals surface area contributed by atoms with Gasteiger partial charge in [0.2, 0.25) is 5.28 Å². The van der Waals surface area contributed by atoms with Gasteiger partial charge in [0.25, 0.3) is 0 Å². The zero-order valence-corrected chi connectivity index (χ0v) is 18.0. The third-order valence-electron chi connectivity index (χ3n) is 4.34. The number of fused-ring (bicyclic) bond motifs is 1. The zero-order chi connectivity index (χ0) is 22.9. The molecule has 0 spiro atoms. The Morgan fingerprint density at radius 2 is 1.77 bits per heavy atom. The minimum absolute atomic E-state index is 0.0552. The normalized spacial score (nSPS) is 22.7. The van der Waals surface area contributed by atoms with Crippen LogP contribution in [0.1, 0.15) is 32.6 Å².